The number of aromatic nitrogens is 1. The molecule has 0 bridgehead atoms. The van der Waals surface area contributed by atoms with E-state index in [2.05, 4.69) is 10.3 Å². The van der Waals surface area contributed by atoms with Crippen molar-refractivity contribution >= 4 is 22.8 Å². The topological polar surface area (TPSA) is 74.8 Å². The second-order valence-corrected chi connectivity index (χ2v) is 7.36. The summed E-state index contributed by atoms with van der Waals surface area (Å²) in [6.45, 7) is 3.53. The monoisotopic (exact) mass is 382 g/mol. The number of urea groups is 1. The quantitative estimate of drug-likeness (QED) is 0.883. The molecule has 2 fully saturated rings. The predicted molar refractivity (Wildman–Crippen MR) is 106 cm³/mol. The standard InChI is InChI=1S/C21H26N4O3/c26-20(19-7-3-12-28-19)24-8-4-9-25(11-10-24)21(27)23-15-16-13-17-5-1-2-6-18(17)22-14-16/h1-2,5-6,13-14,19H,3-4,7-12,15H2,(H,23,27). The van der Waals surface area contributed by atoms with Crippen molar-refractivity contribution in [1.82, 2.24) is 20.1 Å². The number of amides is 3. The number of hydrogen-bond donors (Lipinski definition) is 1. The number of carbonyl (C=O) groups is 2. The van der Waals surface area contributed by atoms with Gasteiger partial charge in [-0.2, -0.15) is 0 Å². The van der Waals surface area contributed by atoms with Gasteiger partial charge in [-0.05, 0) is 37.0 Å². The van der Waals surface area contributed by atoms with Crippen molar-refractivity contribution < 1.29 is 14.3 Å². The van der Waals surface area contributed by atoms with Crippen LogP contribution in [0.3, 0.4) is 0 Å². The molecule has 1 aromatic heterocycles. The molecule has 3 heterocycles. The van der Waals surface area contributed by atoms with Crippen LogP contribution in [0.4, 0.5) is 4.79 Å². The second-order valence-electron chi connectivity index (χ2n) is 7.36. The van der Waals surface area contributed by atoms with E-state index in [9.17, 15) is 9.59 Å². The van der Waals surface area contributed by atoms with E-state index in [0.29, 0.717) is 39.3 Å². The lowest BCUT2D eigenvalue weighted by Crippen LogP contribution is -2.44. The molecule has 2 aliphatic heterocycles. The lowest BCUT2D eigenvalue weighted by molar-refractivity contribution is -0.140. The fourth-order valence-corrected chi connectivity index (χ4v) is 3.82. The van der Waals surface area contributed by atoms with Crippen LogP contribution in [0.1, 0.15) is 24.8 Å². The van der Waals surface area contributed by atoms with E-state index < -0.39 is 0 Å². The van der Waals surface area contributed by atoms with Gasteiger partial charge in [0.2, 0.25) is 0 Å². The average Bonchev–Trinajstić information content (AvgIpc) is 3.16. The average molecular weight is 382 g/mol. The molecule has 148 valence electrons. The molecule has 2 aromatic rings. The zero-order valence-corrected chi connectivity index (χ0v) is 16.0. The number of nitrogens with one attached hydrogen (secondary N) is 1. The van der Waals surface area contributed by atoms with Gasteiger partial charge in [0.15, 0.2) is 0 Å². The summed E-state index contributed by atoms with van der Waals surface area (Å²) in [6, 6.07) is 9.88. The maximum Gasteiger partial charge on any atom is 0.317 e. The third-order valence-corrected chi connectivity index (χ3v) is 5.39. The summed E-state index contributed by atoms with van der Waals surface area (Å²) in [5.74, 6) is 0.0713. The lowest BCUT2D eigenvalue weighted by atomic mass is 10.1. The second kappa shape index (κ2) is 8.56. The van der Waals surface area contributed by atoms with Gasteiger partial charge < -0.3 is 19.9 Å². The fourth-order valence-electron chi connectivity index (χ4n) is 3.82. The van der Waals surface area contributed by atoms with Crippen LogP contribution in [-0.4, -0.2) is 65.6 Å². The molecular weight excluding hydrogens is 356 g/mol. The molecule has 2 saturated heterocycles. The van der Waals surface area contributed by atoms with Crippen LogP contribution in [0.25, 0.3) is 10.9 Å². The minimum absolute atomic E-state index is 0.0713. The maximum atomic E-state index is 12.6. The molecule has 1 unspecified atom stereocenters. The molecule has 0 saturated carbocycles. The lowest BCUT2D eigenvalue weighted by Gasteiger charge is -2.24. The minimum Gasteiger partial charge on any atom is -0.368 e. The molecule has 1 aromatic carbocycles. The largest absolute Gasteiger partial charge is 0.368 e. The van der Waals surface area contributed by atoms with Gasteiger partial charge in [-0.3, -0.25) is 9.78 Å². The van der Waals surface area contributed by atoms with E-state index in [1.54, 1.807) is 11.1 Å². The highest BCUT2D eigenvalue weighted by Gasteiger charge is 2.30. The van der Waals surface area contributed by atoms with Gasteiger partial charge >= 0.3 is 6.03 Å². The molecule has 1 atom stereocenters. The van der Waals surface area contributed by atoms with Crippen LogP contribution in [0, 0.1) is 0 Å². The highest BCUT2D eigenvalue weighted by Crippen LogP contribution is 2.16. The molecule has 3 amide bonds. The summed E-state index contributed by atoms with van der Waals surface area (Å²) in [5, 5.41) is 4.04. The van der Waals surface area contributed by atoms with Crippen LogP contribution < -0.4 is 5.32 Å². The summed E-state index contributed by atoms with van der Waals surface area (Å²) < 4.78 is 5.51. The molecule has 28 heavy (non-hydrogen) atoms. The summed E-state index contributed by atoms with van der Waals surface area (Å²) >= 11 is 0. The van der Waals surface area contributed by atoms with Gasteiger partial charge in [0.1, 0.15) is 6.10 Å². The summed E-state index contributed by atoms with van der Waals surface area (Å²) in [6.07, 6.45) is 4.04. The normalized spacial score (nSPS) is 20.2. The van der Waals surface area contributed by atoms with Crippen molar-refractivity contribution in [3.05, 3.63) is 42.1 Å². The first kappa shape index (κ1) is 18.7. The zero-order chi connectivity index (χ0) is 19.3. The molecule has 0 radical (unpaired) electrons. The maximum absolute atomic E-state index is 12.6. The molecule has 2 aliphatic rings. The molecule has 0 spiro atoms. The molecule has 4 rings (SSSR count). The van der Waals surface area contributed by atoms with Crippen molar-refractivity contribution in [3.8, 4) is 0 Å². The van der Waals surface area contributed by atoms with Crippen molar-refractivity contribution in [3.63, 3.8) is 0 Å². The number of rotatable bonds is 3. The Morgan fingerprint density at radius 3 is 2.79 bits per heavy atom. The number of nitrogens with zero attached hydrogens (tertiary/aromatic N) is 3. The number of para-hydroxylation sites is 1. The first-order valence-electron chi connectivity index (χ1n) is 9.97. The van der Waals surface area contributed by atoms with Crippen LogP contribution in [0.5, 0.6) is 0 Å². The molecular formula is C21H26N4O3. The van der Waals surface area contributed by atoms with Crippen LogP contribution >= 0.6 is 0 Å². The predicted octanol–water partition coefficient (Wildman–Crippen LogP) is 2.16. The van der Waals surface area contributed by atoms with Crippen molar-refractivity contribution in [2.75, 3.05) is 32.8 Å². The number of ether oxygens (including phenoxy) is 1. The first-order valence-corrected chi connectivity index (χ1v) is 9.97. The van der Waals surface area contributed by atoms with Gasteiger partial charge in [0, 0.05) is 50.9 Å². The van der Waals surface area contributed by atoms with Crippen LogP contribution in [0.15, 0.2) is 36.5 Å². The third-order valence-electron chi connectivity index (χ3n) is 5.39. The molecule has 7 nitrogen and oxygen atoms in total. The summed E-state index contributed by atoms with van der Waals surface area (Å²) in [7, 11) is 0. The van der Waals surface area contributed by atoms with Crippen molar-refractivity contribution in [2.24, 2.45) is 0 Å². The number of fused-ring (bicyclic) bond motifs is 1. The molecule has 1 N–H and O–H groups in total. The Kier molecular flexibility index (Phi) is 5.71. The Morgan fingerprint density at radius 2 is 1.93 bits per heavy atom. The molecule has 0 aliphatic carbocycles. The van der Waals surface area contributed by atoms with Gasteiger partial charge in [0.25, 0.3) is 5.91 Å². The SMILES string of the molecule is O=C(NCc1cnc2ccccc2c1)N1CCCN(C(=O)C2CCCO2)CC1. The van der Waals surface area contributed by atoms with Crippen LogP contribution in [-0.2, 0) is 16.1 Å². The van der Waals surface area contributed by atoms with Crippen molar-refractivity contribution in [1.29, 1.82) is 0 Å². The highest BCUT2D eigenvalue weighted by atomic mass is 16.5. The van der Waals surface area contributed by atoms with Gasteiger partial charge in [-0.15, -0.1) is 0 Å². The minimum atomic E-state index is -0.291. The number of carbonyl (C=O) groups excluding carboxylic acids is 2. The Labute approximate surface area is 164 Å². The Morgan fingerprint density at radius 1 is 1.11 bits per heavy atom. The van der Waals surface area contributed by atoms with E-state index in [-0.39, 0.29) is 18.0 Å². The van der Waals surface area contributed by atoms with E-state index in [1.807, 2.05) is 35.2 Å². The zero-order valence-electron chi connectivity index (χ0n) is 16.0. The van der Waals surface area contributed by atoms with Gasteiger partial charge in [-0.25, -0.2) is 4.79 Å². The summed E-state index contributed by atoms with van der Waals surface area (Å²) in [5.41, 5.74) is 1.91. The smallest absolute Gasteiger partial charge is 0.317 e. The first-order chi connectivity index (χ1) is 13.7. The van der Waals surface area contributed by atoms with Gasteiger partial charge in [-0.1, -0.05) is 18.2 Å². The third kappa shape index (κ3) is 4.25. The molecule has 7 heteroatoms. The fraction of sp³-hybridized carbons (Fsp3) is 0.476. The highest BCUT2D eigenvalue weighted by molar-refractivity contribution is 5.81. The Bertz CT molecular complexity index is 850. The van der Waals surface area contributed by atoms with Gasteiger partial charge in [0.05, 0.1) is 5.52 Å². The Hall–Kier alpha value is -2.67. The summed E-state index contributed by atoms with van der Waals surface area (Å²) in [4.78, 5) is 33.2. The van der Waals surface area contributed by atoms with Crippen molar-refractivity contribution in [2.45, 2.75) is 31.9 Å². The van der Waals surface area contributed by atoms with Crippen LogP contribution in [0.2, 0.25) is 0 Å². The number of hydrogen-bond acceptors (Lipinski definition) is 4. The number of pyridine rings is 1. The van der Waals surface area contributed by atoms with E-state index >= 15 is 0 Å². The van der Waals surface area contributed by atoms with E-state index in [0.717, 1.165) is 35.7 Å². The van der Waals surface area contributed by atoms with E-state index in [4.69, 9.17) is 4.74 Å². The van der Waals surface area contributed by atoms with E-state index in [1.165, 1.54) is 0 Å². The number of benzene rings is 1. The Balaban J connectivity index is 1.30.